The molecule has 0 heterocycles. The normalized spacial score (nSPS) is 10.9. The van der Waals surface area contributed by atoms with Gasteiger partial charge in [0.2, 0.25) is 0 Å². The Kier molecular flexibility index (Phi) is 3.29. The fourth-order valence-corrected chi connectivity index (χ4v) is 0.988. The zero-order valence-electron chi connectivity index (χ0n) is 9.00. The van der Waals surface area contributed by atoms with Crippen molar-refractivity contribution < 1.29 is 13.9 Å². The third-order valence-corrected chi connectivity index (χ3v) is 1.47. The van der Waals surface area contributed by atoms with E-state index in [1.165, 1.54) is 18.2 Å². The van der Waals surface area contributed by atoms with Gasteiger partial charge in [0.15, 0.2) is 0 Å². The monoisotopic (exact) mass is 211 g/mol. The molecular formula is C11H14FNO2. The number of hydrogen-bond acceptors (Lipinski definition) is 2. The van der Waals surface area contributed by atoms with Crippen molar-refractivity contribution in [2.45, 2.75) is 26.4 Å². The van der Waals surface area contributed by atoms with Crippen molar-refractivity contribution in [3.8, 4) is 0 Å². The standard InChI is InChI=1S/C11H14FNO2/c1-11(2,3)15-10(14)13-9-6-4-5-8(12)7-9/h4-7H,1-3H3,(H,13,14). The number of rotatable bonds is 1. The third-order valence-electron chi connectivity index (χ3n) is 1.47. The quantitative estimate of drug-likeness (QED) is 0.774. The summed E-state index contributed by atoms with van der Waals surface area (Å²) in [6, 6.07) is 5.64. The number of hydrogen-bond donors (Lipinski definition) is 1. The van der Waals surface area contributed by atoms with Crippen LogP contribution >= 0.6 is 0 Å². The number of carbonyl (C=O) groups is 1. The Bertz CT molecular complexity index is 358. The van der Waals surface area contributed by atoms with E-state index in [2.05, 4.69) is 5.32 Å². The van der Waals surface area contributed by atoms with E-state index in [0.717, 1.165) is 0 Å². The highest BCUT2D eigenvalue weighted by Crippen LogP contribution is 2.12. The summed E-state index contributed by atoms with van der Waals surface area (Å²) >= 11 is 0. The first-order chi connectivity index (χ1) is 6.87. The van der Waals surface area contributed by atoms with Crippen LogP contribution in [-0.4, -0.2) is 11.7 Å². The molecule has 82 valence electrons. The molecule has 1 N–H and O–H groups in total. The molecule has 0 spiro atoms. The van der Waals surface area contributed by atoms with Crippen LogP contribution in [0.3, 0.4) is 0 Å². The molecule has 0 aliphatic heterocycles. The molecule has 1 aromatic rings. The second-order valence-corrected chi connectivity index (χ2v) is 4.14. The smallest absolute Gasteiger partial charge is 0.412 e. The lowest BCUT2D eigenvalue weighted by atomic mass is 10.2. The summed E-state index contributed by atoms with van der Waals surface area (Å²) in [5.74, 6) is -0.399. The van der Waals surface area contributed by atoms with E-state index in [1.807, 2.05) is 0 Å². The lowest BCUT2D eigenvalue weighted by Crippen LogP contribution is -2.27. The number of nitrogens with one attached hydrogen (secondary N) is 1. The third kappa shape index (κ3) is 4.44. The molecule has 0 unspecified atom stereocenters. The van der Waals surface area contributed by atoms with Crippen LogP contribution in [0.5, 0.6) is 0 Å². The van der Waals surface area contributed by atoms with Crippen molar-refractivity contribution in [3.05, 3.63) is 30.1 Å². The highest BCUT2D eigenvalue weighted by molar-refractivity contribution is 5.84. The predicted octanol–water partition coefficient (Wildman–Crippen LogP) is 3.17. The van der Waals surface area contributed by atoms with Gasteiger partial charge < -0.3 is 4.74 Å². The molecule has 0 aromatic heterocycles. The maximum Gasteiger partial charge on any atom is 0.412 e. The van der Waals surface area contributed by atoms with Gasteiger partial charge in [-0.15, -0.1) is 0 Å². The number of amides is 1. The fraction of sp³-hybridized carbons (Fsp3) is 0.364. The number of benzene rings is 1. The van der Waals surface area contributed by atoms with Crippen LogP contribution in [0, 0.1) is 5.82 Å². The first-order valence-corrected chi connectivity index (χ1v) is 4.62. The van der Waals surface area contributed by atoms with E-state index in [-0.39, 0.29) is 0 Å². The van der Waals surface area contributed by atoms with Crippen LogP contribution in [0.25, 0.3) is 0 Å². The molecule has 0 radical (unpaired) electrons. The minimum atomic E-state index is -0.590. The zero-order valence-corrected chi connectivity index (χ0v) is 9.00. The van der Waals surface area contributed by atoms with Crippen LogP contribution in [0.2, 0.25) is 0 Å². The fourth-order valence-electron chi connectivity index (χ4n) is 0.988. The maximum absolute atomic E-state index is 12.8. The van der Waals surface area contributed by atoms with Crippen LogP contribution in [0.4, 0.5) is 14.9 Å². The Labute approximate surface area is 88.2 Å². The summed E-state index contributed by atoms with van der Waals surface area (Å²) in [6.45, 7) is 5.29. The molecule has 0 fully saturated rings. The molecule has 0 saturated heterocycles. The van der Waals surface area contributed by atoms with Gasteiger partial charge in [0.25, 0.3) is 0 Å². The first-order valence-electron chi connectivity index (χ1n) is 4.62. The molecule has 1 amide bonds. The molecule has 0 atom stereocenters. The van der Waals surface area contributed by atoms with Gasteiger partial charge in [-0.1, -0.05) is 6.07 Å². The largest absolute Gasteiger partial charge is 0.444 e. The Morgan fingerprint density at radius 2 is 2.07 bits per heavy atom. The van der Waals surface area contributed by atoms with Gasteiger partial charge >= 0.3 is 6.09 Å². The Morgan fingerprint density at radius 1 is 1.40 bits per heavy atom. The highest BCUT2D eigenvalue weighted by Gasteiger charge is 2.16. The van der Waals surface area contributed by atoms with Crippen LogP contribution in [0.15, 0.2) is 24.3 Å². The molecule has 0 aliphatic rings. The van der Waals surface area contributed by atoms with Crippen molar-refractivity contribution in [2.24, 2.45) is 0 Å². The van der Waals surface area contributed by atoms with Crippen molar-refractivity contribution in [1.82, 2.24) is 0 Å². The minimum Gasteiger partial charge on any atom is -0.444 e. The molecule has 15 heavy (non-hydrogen) atoms. The van der Waals surface area contributed by atoms with Crippen molar-refractivity contribution in [2.75, 3.05) is 5.32 Å². The van der Waals surface area contributed by atoms with Crippen LogP contribution in [-0.2, 0) is 4.74 Å². The summed E-state index contributed by atoms with van der Waals surface area (Å²) in [5, 5.41) is 2.44. The van der Waals surface area contributed by atoms with E-state index >= 15 is 0 Å². The summed E-state index contributed by atoms with van der Waals surface area (Å²) in [7, 11) is 0. The average molecular weight is 211 g/mol. The Balaban J connectivity index is 2.59. The highest BCUT2D eigenvalue weighted by atomic mass is 19.1. The summed E-state index contributed by atoms with van der Waals surface area (Å²) in [5.41, 5.74) is -0.179. The SMILES string of the molecule is CC(C)(C)OC(=O)Nc1cccc(F)c1. The second-order valence-electron chi connectivity index (χ2n) is 4.14. The molecule has 1 rings (SSSR count). The number of carbonyl (C=O) groups excluding carboxylic acids is 1. The Hall–Kier alpha value is -1.58. The van der Waals surface area contributed by atoms with E-state index < -0.39 is 17.5 Å². The summed E-state index contributed by atoms with van der Waals surface area (Å²) < 4.78 is 17.8. The molecule has 3 nitrogen and oxygen atoms in total. The van der Waals surface area contributed by atoms with Crippen molar-refractivity contribution in [1.29, 1.82) is 0 Å². The van der Waals surface area contributed by atoms with E-state index in [0.29, 0.717) is 5.69 Å². The predicted molar refractivity (Wildman–Crippen MR) is 56.3 cm³/mol. The molecule has 4 heteroatoms. The molecular weight excluding hydrogens is 197 g/mol. The lowest BCUT2D eigenvalue weighted by Gasteiger charge is -2.19. The number of ether oxygens (including phenoxy) is 1. The van der Waals surface area contributed by atoms with Crippen molar-refractivity contribution >= 4 is 11.8 Å². The lowest BCUT2D eigenvalue weighted by molar-refractivity contribution is 0.0636. The molecule has 0 aliphatic carbocycles. The van der Waals surface area contributed by atoms with Crippen molar-refractivity contribution in [3.63, 3.8) is 0 Å². The van der Waals surface area contributed by atoms with E-state index in [4.69, 9.17) is 4.74 Å². The Morgan fingerprint density at radius 3 is 2.60 bits per heavy atom. The number of anilines is 1. The van der Waals surface area contributed by atoms with Crippen LogP contribution in [0.1, 0.15) is 20.8 Å². The molecule has 1 aromatic carbocycles. The van der Waals surface area contributed by atoms with Gasteiger partial charge in [-0.05, 0) is 39.0 Å². The average Bonchev–Trinajstić information content (AvgIpc) is 1.99. The van der Waals surface area contributed by atoms with Gasteiger partial charge in [-0.25, -0.2) is 9.18 Å². The second kappa shape index (κ2) is 4.29. The van der Waals surface area contributed by atoms with E-state index in [9.17, 15) is 9.18 Å². The van der Waals surface area contributed by atoms with Gasteiger partial charge in [-0.2, -0.15) is 0 Å². The summed E-state index contributed by atoms with van der Waals surface area (Å²) in [6.07, 6.45) is -0.590. The summed E-state index contributed by atoms with van der Waals surface area (Å²) in [4.78, 5) is 11.3. The van der Waals surface area contributed by atoms with E-state index in [1.54, 1.807) is 26.8 Å². The van der Waals surface area contributed by atoms with Gasteiger partial charge in [-0.3, -0.25) is 5.32 Å². The zero-order chi connectivity index (χ0) is 11.5. The topological polar surface area (TPSA) is 38.3 Å². The maximum atomic E-state index is 12.8. The first kappa shape index (κ1) is 11.5. The van der Waals surface area contributed by atoms with Gasteiger partial charge in [0.1, 0.15) is 11.4 Å². The van der Waals surface area contributed by atoms with Gasteiger partial charge in [0.05, 0.1) is 0 Å². The van der Waals surface area contributed by atoms with Gasteiger partial charge in [0, 0.05) is 5.69 Å². The number of halogens is 1. The molecule has 0 bridgehead atoms. The van der Waals surface area contributed by atoms with Crippen LogP contribution < -0.4 is 5.32 Å². The molecule has 0 saturated carbocycles. The minimum absolute atomic E-state index is 0.379.